The average molecular weight is 258 g/mol. The molecule has 1 heterocycles. The van der Waals surface area contributed by atoms with Crippen molar-refractivity contribution in [2.75, 3.05) is 0 Å². The van der Waals surface area contributed by atoms with E-state index in [0.717, 1.165) is 17.7 Å². The van der Waals surface area contributed by atoms with Crippen LogP contribution in [-0.2, 0) is 5.33 Å². The van der Waals surface area contributed by atoms with Crippen molar-refractivity contribution in [3.05, 3.63) is 33.7 Å². The minimum absolute atomic E-state index is 0.135. The molecule has 0 aliphatic rings. The predicted octanol–water partition coefficient (Wildman–Crippen LogP) is 3.02. The van der Waals surface area contributed by atoms with Crippen LogP contribution in [0.3, 0.4) is 0 Å². The number of hydrogen-bond donors (Lipinski definition) is 0. The minimum atomic E-state index is 0.135. The number of nitrogens with zero attached hydrogens (tertiary/aromatic N) is 1. The summed E-state index contributed by atoms with van der Waals surface area (Å²) in [6.07, 6.45) is 0.979. The van der Waals surface area contributed by atoms with Gasteiger partial charge in [0.15, 0.2) is 0 Å². The molecule has 0 aliphatic heterocycles. The quantitative estimate of drug-likeness (QED) is 0.764. The van der Waals surface area contributed by atoms with Crippen LogP contribution in [0.4, 0.5) is 0 Å². The molecule has 0 amide bonds. The van der Waals surface area contributed by atoms with Gasteiger partial charge in [0.2, 0.25) is 0 Å². The van der Waals surface area contributed by atoms with Gasteiger partial charge < -0.3 is 4.57 Å². The fourth-order valence-corrected chi connectivity index (χ4v) is 1.95. The summed E-state index contributed by atoms with van der Waals surface area (Å²) in [5.41, 5.74) is 2.00. The highest BCUT2D eigenvalue weighted by atomic mass is 79.9. The molecule has 78 valence electrons. The smallest absolute Gasteiger partial charge is 0.255 e. The number of pyridine rings is 1. The molecule has 1 rings (SSSR count). The number of aryl methyl sites for hydroxylation is 1. The van der Waals surface area contributed by atoms with Crippen LogP contribution < -0.4 is 5.56 Å². The van der Waals surface area contributed by atoms with E-state index in [9.17, 15) is 4.79 Å². The van der Waals surface area contributed by atoms with Crippen LogP contribution in [0.25, 0.3) is 0 Å². The highest BCUT2D eigenvalue weighted by Gasteiger charge is 2.09. The Hall–Kier alpha value is -0.570. The fourth-order valence-electron chi connectivity index (χ4n) is 1.52. The van der Waals surface area contributed by atoms with Crippen molar-refractivity contribution in [2.45, 2.75) is 38.6 Å². The molecule has 0 fully saturated rings. The fraction of sp³-hybridized carbons (Fsp3) is 0.545. The van der Waals surface area contributed by atoms with E-state index in [-0.39, 0.29) is 11.6 Å². The first-order valence-corrected chi connectivity index (χ1v) is 6.01. The Morgan fingerprint density at radius 2 is 2.14 bits per heavy atom. The second-order valence-electron chi connectivity index (χ2n) is 3.57. The van der Waals surface area contributed by atoms with Crippen LogP contribution in [0.2, 0.25) is 0 Å². The number of aromatic nitrogens is 1. The molecule has 3 heteroatoms. The summed E-state index contributed by atoms with van der Waals surface area (Å²) in [5, 5.41) is 0.628. The van der Waals surface area contributed by atoms with Gasteiger partial charge in [0.25, 0.3) is 5.56 Å². The molecule has 14 heavy (non-hydrogen) atoms. The Balaban J connectivity index is 3.33. The second kappa shape index (κ2) is 4.78. The van der Waals surface area contributed by atoms with Gasteiger partial charge in [-0.1, -0.05) is 28.9 Å². The third-order valence-corrected chi connectivity index (χ3v) is 3.18. The van der Waals surface area contributed by atoms with E-state index in [1.165, 1.54) is 0 Å². The van der Waals surface area contributed by atoms with Crippen molar-refractivity contribution in [2.24, 2.45) is 0 Å². The SMILES string of the molecule is CCC(C)n1c(C)ccc(CBr)c1=O. The molecule has 0 aromatic carbocycles. The number of hydrogen-bond acceptors (Lipinski definition) is 1. The largest absolute Gasteiger partial charge is 0.310 e. The molecule has 1 unspecified atom stereocenters. The maximum atomic E-state index is 12.0. The predicted molar refractivity (Wildman–Crippen MR) is 63.1 cm³/mol. The average Bonchev–Trinajstić information content (AvgIpc) is 2.18. The first-order valence-electron chi connectivity index (χ1n) is 4.88. The zero-order valence-corrected chi connectivity index (χ0v) is 10.5. The third-order valence-electron chi connectivity index (χ3n) is 2.57. The van der Waals surface area contributed by atoms with Gasteiger partial charge in [0.1, 0.15) is 0 Å². The van der Waals surface area contributed by atoms with Crippen LogP contribution in [-0.4, -0.2) is 4.57 Å². The summed E-state index contributed by atoms with van der Waals surface area (Å²) < 4.78 is 1.87. The number of alkyl halides is 1. The maximum Gasteiger partial charge on any atom is 0.255 e. The third kappa shape index (κ3) is 2.08. The summed E-state index contributed by atoms with van der Waals surface area (Å²) in [5.74, 6) is 0. The number of halogens is 1. The maximum absolute atomic E-state index is 12.0. The highest BCUT2D eigenvalue weighted by Crippen LogP contribution is 2.11. The van der Waals surface area contributed by atoms with Gasteiger partial charge in [-0.25, -0.2) is 0 Å². The van der Waals surface area contributed by atoms with Gasteiger partial charge in [-0.05, 0) is 26.3 Å². The standard InChI is InChI=1S/C11H16BrNO/c1-4-8(2)13-9(3)5-6-10(7-12)11(13)14/h5-6,8H,4,7H2,1-3H3. The van der Waals surface area contributed by atoms with Crippen molar-refractivity contribution in [1.29, 1.82) is 0 Å². The minimum Gasteiger partial charge on any atom is -0.310 e. The molecule has 0 N–H and O–H groups in total. The van der Waals surface area contributed by atoms with Gasteiger partial charge in [0.05, 0.1) is 0 Å². The van der Waals surface area contributed by atoms with E-state index in [1.54, 1.807) is 0 Å². The summed E-state index contributed by atoms with van der Waals surface area (Å²) in [6, 6.07) is 4.18. The van der Waals surface area contributed by atoms with E-state index < -0.39 is 0 Å². The Bertz CT molecular complexity index is 370. The van der Waals surface area contributed by atoms with Crippen molar-refractivity contribution in [1.82, 2.24) is 4.57 Å². The number of rotatable bonds is 3. The molecular weight excluding hydrogens is 242 g/mol. The molecule has 2 nitrogen and oxygen atoms in total. The molecule has 0 bridgehead atoms. The van der Waals surface area contributed by atoms with Gasteiger partial charge in [-0.15, -0.1) is 0 Å². The zero-order valence-electron chi connectivity index (χ0n) is 8.88. The lowest BCUT2D eigenvalue weighted by atomic mass is 10.2. The highest BCUT2D eigenvalue weighted by molar-refractivity contribution is 9.08. The molecular formula is C11H16BrNO. The molecule has 0 aliphatic carbocycles. The lowest BCUT2D eigenvalue weighted by Gasteiger charge is -2.17. The summed E-state index contributed by atoms with van der Waals surface area (Å²) in [4.78, 5) is 12.0. The Kier molecular flexibility index (Phi) is 3.93. The summed E-state index contributed by atoms with van der Waals surface area (Å²) in [6.45, 7) is 6.15. The van der Waals surface area contributed by atoms with E-state index in [4.69, 9.17) is 0 Å². The van der Waals surface area contributed by atoms with E-state index >= 15 is 0 Å². The van der Waals surface area contributed by atoms with Crippen molar-refractivity contribution < 1.29 is 0 Å². The molecule has 0 radical (unpaired) electrons. The second-order valence-corrected chi connectivity index (χ2v) is 4.13. The Morgan fingerprint density at radius 1 is 1.50 bits per heavy atom. The van der Waals surface area contributed by atoms with Crippen molar-refractivity contribution in [3.8, 4) is 0 Å². The Morgan fingerprint density at radius 3 is 2.64 bits per heavy atom. The topological polar surface area (TPSA) is 22.0 Å². The first-order chi connectivity index (χ1) is 6.61. The molecule has 1 aromatic heterocycles. The molecule has 1 aromatic rings. The summed E-state index contributed by atoms with van der Waals surface area (Å²) in [7, 11) is 0. The lowest BCUT2D eigenvalue weighted by Crippen LogP contribution is -2.27. The Labute approximate surface area is 93.1 Å². The van der Waals surface area contributed by atoms with Crippen molar-refractivity contribution in [3.63, 3.8) is 0 Å². The van der Waals surface area contributed by atoms with Crippen LogP contribution in [0.15, 0.2) is 16.9 Å². The van der Waals surface area contributed by atoms with E-state index in [1.807, 2.05) is 23.6 Å². The van der Waals surface area contributed by atoms with Crippen molar-refractivity contribution >= 4 is 15.9 Å². The normalized spacial score (nSPS) is 12.9. The van der Waals surface area contributed by atoms with E-state index in [2.05, 4.69) is 29.8 Å². The van der Waals surface area contributed by atoms with Gasteiger partial charge in [-0.3, -0.25) is 4.79 Å². The molecule has 0 spiro atoms. The first kappa shape index (κ1) is 11.5. The van der Waals surface area contributed by atoms with Crippen LogP contribution >= 0.6 is 15.9 Å². The van der Waals surface area contributed by atoms with Gasteiger partial charge in [-0.2, -0.15) is 0 Å². The van der Waals surface area contributed by atoms with Crippen LogP contribution in [0.1, 0.15) is 37.6 Å². The van der Waals surface area contributed by atoms with Gasteiger partial charge >= 0.3 is 0 Å². The zero-order chi connectivity index (χ0) is 10.7. The van der Waals surface area contributed by atoms with E-state index in [0.29, 0.717) is 5.33 Å². The monoisotopic (exact) mass is 257 g/mol. The van der Waals surface area contributed by atoms with Crippen LogP contribution in [0.5, 0.6) is 0 Å². The van der Waals surface area contributed by atoms with Gasteiger partial charge in [0, 0.05) is 22.6 Å². The lowest BCUT2D eigenvalue weighted by molar-refractivity contribution is 0.500. The molecule has 0 saturated heterocycles. The molecule has 0 saturated carbocycles. The summed E-state index contributed by atoms with van der Waals surface area (Å²) >= 11 is 3.32. The molecule has 1 atom stereocenters. The van der Waals surface area contributed by atoms with Crippen LogP contribution in [0, 0.1) is 6.92 Å².